The van der Waals surface area contributed by atoms with Crippen LogP contribution in [-0.2, 0) is 21.4 Å². The second-order valence-corrected chi connectivity index (χ2v) is 7.92. The summed E-state index contributed by atoms with van der Waals surface area (Å²) in [7, 11) is 1.52. The summed E-state index contributed by atoms with van der Waals surface area (Å²) in [4.78, 5) is 12.5. The van der Waals surface area contributed by atoms with Gasteiger partial charge in [0.15, 0.2) is 0 Å². The van der Waals surface area contributed by atoms with Gasteiger partial charge in [-0.2, -0.15) is 0 Å². The zero-order chi connectivity index (χ0) is 16.8. The molecule has 0 heterocycles. The monoisotopic (exact) mass is 312 g/mol. The first kappa shape index (κ1) is 16.3. The smallest absolute Gasteiger partial charge is 0.311 e. The lowest BCUT2D eigenvalue weighted by atomic mass is 9.50. The molecule has 1 saturated carbocycles. The number of allylic oxidation sites excluding steroid dienone is 1. The van der Waals surface area contributed by atoms with Gasteiger partial charge in [0.05, 0.1) is 12.5 Å². The van der Waals surface area contributed by atoms with Crippen LogP contribution in [-0.4, -0.2) is 13.1 Å². The van der Waals surface area contributed by atoms with Crippen LogP contribution in [0.3, 0.4) is 0 Å². The number of carbonyl (C=O) groups excluding carboxylic acids is 1. The molecule has 2 heteroatoms. The number of methoxy groups -OCH3 is 1. The standard InChI is InChI=1S/C21H28O2/c1-14(2)15-7-9-17-16(13-15)8-10-18-20(17,3)11-6-12-21(18,4)19(22)23-5/h7,9,13,18H,1,6,8,10-12H2,2-5H3/t18-,20-,21+/m1/s1. The molecule has 0 amide bonds. The van der Waals surface area contributed by atoms with Gasteiger partial charge in [0.25, 0.3) is 0 Å². The minimum absolute atomic E-state index is 0.0320. The third-order valence-electron chi connectivity index (χ3n) is 6.50. The molecule has 0 bridgehead atoms. The van der Waals surface area contributed by atoms with Crippen molar-refractivity contribution in [3.8, 4) is 0 Å². The van der Waals surface area contributed by atoms with Crippen LogP contribution in [0.15, 0.2) is 24.8 Å². The molecule has 23 heavy (non-hydrogen) atoms. The number of carbonyl (C=O) groups is 1. The maximum absolute atomic E-state index is 12.5. The average Bonchev–Trinajstić information content (AvgIpc) is 2.53. The first-order chi connectivity index (χ1) is 10.8. The fourth-order valence-electron chi connectivity index (χ4n) is 5.23. The number of rotatable bonds is 2. The van der Waals surface area contributed by atoms with Gasteiger partial charge in [0, 0.05) is 0 Å². The Labute approximate surface area is 139 Å². The second-order valence-electron chi connectivity index (χ2n) is 7.92. The molecule has 0 aliphatic heterocycles. The number of benzene rings is 1. The highest BCUT2D eigenvalue weighted by molar-refractivity contribution is 5.77. The third kappa shape index (κ3) is 2.34. The number of aryl methyl sites for hydroxylation is 1. The van der Waals surface area contributed by atoms with E-state index in [2.05, 4.69) is 45.5 Å². The molecule has 0 spiro atoms. The van der Waals surface area contributed by atoms with E-state index in [-0.39, 0.29) is 16.8 Å². The minimum Gasteiger partial charge on any atom is -0.469 e. The van der Waals surface area contributed by atoms with Crippen molar-refractivity contribution in [3.63, 3.8) is 0 Å². The van der Waals surface area contributed by atoms with Gasteiger partial charge in [-0.3, -0.25) is 4.79 Å². The Bertz CT molecular complexity index is 660. The maximum atomic E-state index is 12.5. The minimum atomic E-state index is -0.355. The molecule has 1 fully saturated rings. The van der Waals surface area contributed by atoms with Crippen LogP contribution in [0.5, 0.6) is 0 Å². The molecule has 3 atom stereocenters. The van der Waals surface area contributed by atoms with Crippen LogP contribution in [0.4, 0.5) is 0 Å². The van der Waals surface area contributed by atoms with E-state index < -0.39 is 0 Å². The molecule has 0 N–H and O–H groups in total. The molecular weight excluding hydrogens is 284 g/mol. The molecule has 0 radical (unpaired) electrons. The Balaban J connectivity index is 2.07. The van der Waals surface area contributed by atoms with Crippen molar-refractivity contribution < 1.29 is 9.53 Å². The van der Waals surface area contributed by atoms with E-state index in [9.17, 15) is 4.79 Å². The highest BCUT2D eigenvalue weighted by Crippen LogP contribution is 2.57. The predicted octanol–water partition coefficient (Wildman–Crippen LogP) is 4.90. The fourth-order valence-corrected chi connectivity index (χ4v) is 5.23. The first-order valence-electron chi connectivity index (χ1n) is 8.70. The summed E-state index contributed by atoms with van der Waals surface area (Å²) in [6.45, 7) is 10.6. The number of hydrogen-bond donors (Lipinski definition) is 0. The van der Waals surface area contributed by atoms with Gasteiger partial charge in [0.2, 0.25) is 0 Å². The molecule has 0 saturated heterocycles. The van der Waals surface area contributed by atoms with E-state index in [0.717, 1.165) is 37.7 Å². The van der Waals surface area contributed by atoms with Gasteiger partial charge in [-0.05, 0) is 67.6 Å². The summed E-state index contributed by atoms with van der Waals surface area (Å²) in [5.41, 5.74) is 4.95. The Morgan fingerprint density at radius 2 is 2.04 bits per heavy atom. The van der Waals surface area contributed by atoms with E-state index >= 15 is 0 Å². The maximum Gasteiger partial charge on any atom is 0.311 e. The number of ether oxygens (including phenoxy) is 1. The van der Waals surface area contributed by atoms with E-state index in [1.807, 2.05) is 0 Å². The summed E-state index contributed by atoms with van der Waals surface area (Å²) in [6.07, 6.45) is 5.29. The first-order valence-corrected chi connectivity index (χ1v) is 8.70. The molecule has 3 rings (SSSR count). The molecule has 1 aromatic rings. The SMILES string of the molecule is C=C(C)c1ccc2c(c1)CC[C@H]1[C@@](C)(C(=O)OC)CCC[C@]21C. The summed E-state index contributed by atoms with van der Waals surface area (Å²) >= 11 is 0. The molecule has 2 aliphatic carbocycles. The lowest BCUT2D eigenvalue weighted by Gasteiger charge is -2.54. The summed E-state index contributed by atoms with van der Waals surface area (Å²) in [6, 6.07) is 6.79. The van der Waals surface area contributed by atoms with Crippen LogP contribution in [0.2, 0.25) is 0 Å². The molecule has 2 nitrogen and oxygen atoms in total. The van der Waals surface area contributed by atoms with Crippen LogP contribution in [0.1, 0.15) is 63.1 Å². The molecule has 124 valence electrons. The van der Waals surface area contributed by atoms with Crippen molar-refractivity contribution in [2.24, 2.45) is 11.3 Å². The van der Waals surface area contributed by atoms with Crippen LogP contribution >= 0.6 is 0 Å². The average molecular weight is 312 g/mol. The van der Waals surface area contributed by atoms with Crippen molar-refractivity contribution in [3.05, 3.63) is 41.5 Å². The van der Waals surface area contributed by atoms with Crippen molar-refractivity contribution in [2.75, 3.05) is 7.11 Å². The topological polar surface area (TPSA) is 26.3 Å². The predicted molar refractivity (Wildman–Crippen MR) is 94.3 cm³/mol. The summed E-state index contributed by atoms with van der Waals surface area (Å²) < 4.78 is 5.17. The Hall–Kier alpha value is -1.57. The number of esters is 1. The third-order valence-corrected chi connectivity index (χ3v) is 6.50. The molecule has 0 unspecified atom stereocenters. The van der Waals surface area contributed by atoms with Crippen LogP contribution < -0.4 is 0 Å². The Morgan fingerprint density at radius 3 is 2.70 bits per heavy atom. The lowest BCUT2D eigenvalue weighted by Crippen LogP contribution is -2.52. The molecule has 1 aromatic carbocycles. The molecular formula is C21H28O2. The number of fused-ring (bicyclic) bond motifs is 3. The van der Waals surface area contributed by atoms with Crippen LogP contribution in [0, 0.1) is 11.3 Å². The van der Waals surface area contributed by atoms with Gasteiger partial charge in [0.1, 0.15) is 0 Å². The largest absolute Gasteiger partial charge is 0.469 e. The van der Waals surface area contributed by atoms with E-state index in [1.54, 1.807) is 0 Å². The van der Waals surface area contributed by atoms with Gasteiger partial charge in [-0.15, -0.1) is 0 Å². The quantitative estimate of drug-likeness (QED) is 0.726. The second kappa shape index (κ2) is 5.51. The summed E-state index contributed by atoms with van der Waals surface area (Å²) in [5.74, 6) is 0.329. The number of hydrogen-bond acceptors (Lipinski definition) is 2. The van der Waals surface area contributed by atoms with E-state index in [4.69, 9.17) is 4.74 Å². The van der Waals surface area contributed by atoms with E-state index in [1.165, 1.54) is 23.8 Å². The van der Waals surface area contributed by atoms with Gasteiger partial charge < -0.3 is 4.74 Å². The van der Waals surface area contributed by atoms with Crippen LogP contribution in [0.25, 0.3) is 5.57 Å². The van der Waals surface area contributed by atoms with Gasteiger partial charge in [-0.1, -0.05) is 43.7 Å². The normalized spacial score (nSPS) is 32.6. The Kier molecular flexibility index (Phi) is 3.90. The van der Waals surface area contributed by atoms with Crippen molar-refractivity contribution in [2.45, 2.75) is 58.3 Å². The van der Waals surface area contributed by atoms with Crippen molar-refractivity contribution in [1.82, 2.24) is 0 Å². The highest BCUT2D eigenvalue weighted by Gasteiger charge is 2.55. The zero-order valence-corrected chi connectivity index (χ0v) is 14.9. The lowest BCUT2D eigenvalue weighted by molar-refractivity contribution is -0.161. The highest BCUT2D eigenvalue weighted by atomic mass is 16.5. The molecule has 2 aliphatic rings. The molecule has 0 aromatic heterocycles. The van der Waals surface area contributed by atoms with Gasteiger partial charge >= 0.3 is 5.97 Å². The van der Waals surface area contributed by atoms with E-state index in [0.29, 0.717) is 5.92 Å². The van der Waals surface area contributed by atoms with Crippen molar-refractivity contribution in [1.29, 1.82) is 0 Å². The van der Waals surface area contributed by atoms with Gasteiger partial charge in [-0.25, -0.2) is 0 Å². The van der Waals surface area contributed by atoms with Crippen molar-refractivity contribution >= 4 is 11.5 Å². The Morgan fingerprint density at radius 1 is 1.30 bits per heavy atom. The summed E-state index contributed by atoms with van der Waals surface area (Å²) in [5, 5.41) is 0. The zero-order valence-electron chi connectivity index (χ0n) is 14.9. The fraction of sp³-hybridized carbons (Fsp3) is 0.571.